The number of piperidine rings is 2. The molecule has 2 heterocycles. The van der Waals surface area contributed by atoms with E-state index in [0.717, 1.165) is 24.0 Å². The Bertz CT molecular complexity index is 1580. The van der Waals surface area contributed by atoms with Crippen LogP contribution in [0.4, 0.5) is 0 Å². The van der Waals surface area contributed by atoms with Gasteiger partial charge in [-0.05, 0) is 94.2 Å². The highest BCUT2D eigenvalue weighted by Crippen LogP contribution is 2.54. The first-order valence-corrected chi connectivity index (χ1v) is 18.5. The predicted molar refractivity (Wildman–Crippen MR) is 180 cm³/mol. The number of hydrogen-bond acceptors (Lipinski definition) is 5. The van der Waals surface area contributed by atoms with Crippen molar-refractivity contribution < 1.29 is 27.9 Å². The molecule has 250 valence electrons. The number of nitrogens with zero attached hydrogens (tertiary/aromatic N) is 2. The highest BCUT2D eigenvalue weighted by Gasteiger charge is 2.56. The molecule has 5 rings (SSSR count). The molecule has 2 aromatic carbocycles. The van der Waals surface area contributed by atoms with Crippen LogP contribution in [0.15, 0.2) is 48.5 Å². The van der Waals surface area contributed by atoms with Crippen LogP contribution in [0.25, 0.3) is 0 Å². The van der Waals surface area contributed by atoms with E-state index in [4.69, 9.17) is 23.2 Å². The lowest BCUT2D eigenvalue weighted by Gasteiger charge is -2.52. The van der Waals surface area contributed by atoms with Gasteiger partial charge >= 0.3 is 5.97 Å². The second-order valence-corrected chi connectivity index (χ2v) is 18.3. The van der Waals surface area contributed by atoms with E-state index in [0.29, 0.717) is 42.4 Å². The molecular formula is C35H44Cl2N2O6S. The third-order valence-corrected chi connectivity index (χ3v) is 13.3. The summed E-state index contributed by atoms with van der Waals surface area (Å²) in [6, 6.07) is 13.8. The van der Waals surface area contributed by atoms with Gasteiger partial charge in [0.2, 0.25) is 11.8 Å². The van der Waals surface area contributed by atoms with Gasteiger partial charge in [0, 0.05) is 41.5 Å². The van der Waals surface area contributed by atoms with E-state index < -0.39 is 44.0 Å². The van der Waals surface area contributed by atoms with E-state index in [1.54, 1.807) is 43.9 Å². The van der Waals surface area contributed by atoms with Gasteiger partial charge in [0.15, 0.2) is 9.84 Å². The molecule has 11 heteroatoms. The van der Waals surface area contributed by atoms with Crippen LogP contribution < -0.4 is 0 Å². The van der Waals surface area contributed by atoms with E-state index in [-0.39, 0.29) is 35.8 Å². The molecule has 2 amide bonds. The number of carbonyl (C=O) groups excluding carboxylic acids is 2. The van der Waals surface area contributed by atoms with Crippen LogP contribution in [0.2, 0.25) is 10.0 Å². The van der Waals surface area contributed by atoms with E-state index in [1.165, 1.54) is 0 Å². The Balaban J connectivity index is 1.61. The Labute approximate surface area is 282 Å². The van der Waals surface area contributed by atoms with E-state index >= 15 is 4.79 Å². The molecule has 1 aliphatic carbocycles. The summed E-state index contributed by atoms with van der Waals surface area (Å²) in [7, 11) is -3.62. The molecule has 0 unspecified atom stereocenters. The van der Waals surface area contributed by atoms with Crippen LogP contribution in [0, 0.1) is 17.3 Å². The van der Waals surface area contributed by atoms with Crippen molar-refractivity contribution >= 4 is 50.8 Å². The summed E-state index contributed by atoms with van der Waals surface area (Å²) >= 11 is 12.8. The van der Waals surface area contributed by atoms with Crippen LogP contribution in [-0.2, 0) is 24.2 Å². The topological polar surface area (TPSA) is 112 Å². The maximum absolute atomic E-state index is 15.0. The number of hydrogen-bond donors (Lipinski definition) is 1. The number of amides is 2. The fourth-order valence-electron chi connectivity index (χ4n) is 7.13. The van der Waals surface area contributed by atoms with Gasteiger partial charge in [0.05, 0.1) is 27.9 Å². The van der Waals surface area contributed by atoms with Gasteiger partial charge in [0.1, 0.15) is 0 Å². The van der Waals surface area contributed by atoms with Crippen molar-refractivity contribution in [3.05, 3.63) is 69.7 Å². The highest BCUT2D eigenvalue weighted by molar-refractivity contribution is 7.92. The van der Waals surface area contributed by atoms with Gasteiger partial charge in [-0.15, -0.1) is 0 Å². The Morgan fingerprint density at radius 2 is 1.61 bits per heavy atom. The van der Waals surface area contributed by atoms with Crippen molar-refractivity contribution in [2.24, 2.45) is 17.3 Å². The molecule has 2 saturated heterocycles. The lowest BCUT2D eigenvalue weighted by molar-refractivity contribution is -0.159. The van der Waals surface area contributed by atoms with Gasteiger partial charge < -0.3 is 14.9 Å². The SMILES string of the molecule is CC(C)(C)S(=O)(=O)C[C@H](C1CC1)N1C(=O)[C@@](C)(CC(=O)N2CCC(C(=O)O)CC2)C[C@H](c2cccc(Cl)c2)[C@H]1c1ccc(Cl)cc1. The van der Waals surface area contributed by atoms with Gasteiger partial charge in [-0.25, -0.2) is 8.42 Å². The summed E-state index contributed by atoms with van der Waals surface area (Å²) < 4.78 is 26.5. The molecular weight excluding hydrogens is 647 g/mol. The third kappa shape index (κ3) is 7.26. The van der Waals surface area contributed by atoms with Crippen LogP contribution >= 0.6 is 23.2 Å². The number of likely N-dealkylation sites (tertiary alicyclic amines) is 2. The zero-order valence-electron chi connectivity index (χ0n) is 26.9. The first-order chi connectivity index (χ1) is 21.5. The van der Waals surface area contributed by atoms with Gasteiger partial charge in [0.25, 0.3) is 0 Å². The normalized spacial score (nSPS) is 25.4. The predicted octanol–water partition coefficient (Wildman–Crippen LogP) is 6.76. The monoisotopic (exact) mass is 690 g/mol. The van der Waals surface area contributed by atoms with E-state index in [2.05, 4.69) is 0 Å². The Morgan fingerprint density at radius 3 is 2.15 bits per heavy atom. The highest BCUT2D eigenvalue weighted by atomic mass is 35.5. The summed E-state index contributed by atoms with van der Waals surface area (Å²) in [5.41, 5.74) is 0.597. The first-order valence-electron chi connectivity index (χ1n) is 16.1. The molecule has 0 bridgehead atoms. The molecule has 2 aromatic rings. The lowest BCUT2D eigenvalue weighted by atomic mass is 9.66. The Morgan fingerprint density at radius 1 is 0.978 bits per heavy atom. The fraction of sp³-hybridized carbons (Fsp3) is 0.571. The van der Waals surface area contributed by atoms with Crippen LogP contribution in [-0.4, -0.2) is 70.7 Å². The minimum Gasteiger partial charge on any atom is -0.481 e. The average molecular weight is 692 g/mol. The number of sulfone groups is 1. The Kier molecular flexibility index (Phi) is 9.90. The van der Waals surface area contributed by atoms with E-state index in [9.17, 15) is 23.1 Å². The zero-order valence-corrected chi connectivity index (χ0v) is 29.2. The number of carbonyl (C=O) groups is 3. The second kappa shape index (κ2) is 13.1. The van der Waals surface area contributed by atoms with Crippen LogP contribution in [0.5, 0.6) is 0 Å². The molecule has 1 N–H and O–H groups in total. The van der Waals surface area contributed by atoms with E-state index in [1.807, 2.05) is 42.2 Å². The minimum atomic E-state index is -3.62. The number of halogens is 2. The number of carboxylic acid groups (broad SMARTS) is 1. The standard InChI is InChI=1S/C35H44Cl2N2O6S/c1-34(2,3)46(44,45)21-29(22-8-9-22)39-31(23-10-12-26(36)13-11-23)28(25-6-5-7-27(37)18-25)19-35(4,33(39)43)20-30(40)38-16-14-24(15-17-38)32(41)42/h5-7,10-13,18,22,24,28-29,31H,8-9,14-17,19-21H2,1-4H3,(H,41,42)/t28-,29-,31-,35-/m1/s1. The van der Waals surface area contributed by atoms with Crippen molar-refractivity contribution in [1.82, 2.24) is 9.80 Å². The van der Waals surface area contributed by atoms with Crippen molar-refractivity contribution in [1.29, 1.82) is 0 Å². The summed E-state index contributed by atoms with van der Waals surface area (Å²) in [6.07, 6.45) is 2.66. The minimum absolute atomic E-state index is 0.0176. The summed E-state index contributed by atoms with van der Waals surface area (Å²) in [5.74, 6) is -2.23. The number of carboxylic acids is 1. The fourth-order valence-corrected chi connectivity index (χ4v) is 8.84. The molecule has 0 spiro atoms. The Hall–Kier alpha value is -2.62. The summed E-state index contributed by atoms with van der Waals surface area (Å²) in [4.78, 5) is 43.9. The number of rotatable bonds is 9. The quantitative estimate of drug-likeness (QED) is 0.311. The molecule has 2 aliphatic heterocycles. The first kappa shape index (κ1) is 34.7. The maximum Gasteiger partial charge on any atom is 0.306 e. The number of aliphatic carboxylic acids is 1. The second-order valence-electron chi connectivity index (χ2n) is 14.6. The average Bonchev–Trinajstić information content (AvgIpc) is 3.83. The van der Waals surface area contributed by atoms with Gasteiger partial charge in [-0.1, -0.05) is 54.4 Å². The summed E-state index contributed by atoms with van der Waals surface area (Å²) in [6.45, 7) is 7.53. The molecule has 1 saturated carbocycles. The van der Waals surface area contributed by atoms with Crippen molar-refractivity contribution in [2.75, 3.05) is 18.8 Å². The zero-order chi connectivity index (χ0) is 33.6. The smallest absolute Gasteiger partial charge is 0.306 e. The van der Waals surface area contributed by atoms with Gasteiger partial charge in [-0.3, -0.25) is 14.4 Å². The van der Waals surface area contributed by atoms with Crippen molar-refractivity contribution in [3.63, 3.8) is 0 Å². The maximum atomic E-state index is 15.0. The molecule has 0 aromatic heterocycles. The van der Waals surface area contributed by atoms with Crippen LogP contribution in [0.1, 0.15) is 89.3 Å². The molecule has 0 radical (unpaired) electrons. The molecule has 46 heavy (non-hydrogen) atoms. The lowest BCUT2D eigenvalue weighted by Crippen LogP contribution is -2.59. The molecule has 3 aliphatic rings. The van der Waals surface area contributed by atoms with Gasteiger partial charge in [-0.2, -0.15) is 0 Å². The molecule has 3 fully saturated rings. The third-order valence-electron chi connectivity index (χ3n) is 10.2. The largest absolute Gasteiger partial charge is 0.481 e. The number of benzene rings is 2. The van der Waals surface area contributed by atoms with Crippen molar-refractivity contribution in [3.8, 4) is 0 Å². The van der Waals surface area contributed by atoms with Crippen LogP contribution in [0.3, 0.4) is 0 Å². The summed E-state index contributed by atoms with van der Waals surface area (Å²) in [5, 5.41) is 10.5. The molecule has 4 atom stereocenters. The van der Waals surface area contributed by atoms with Crippen molar-refractivity contribution in [2.45, 2.75) is 89.0 Å². The molecule has 8 nitrogen and oxygen atoms in total.